The Morgan fingerprint density at radius 2 is 1.96 bits per heavy atom. The maximum atomic E-state index is 11.8. The number of aromatic nitrogens is 4. The van der Waals surface area contributed by atoms with Gasteiger partial charge < -0.3 is 15.5 Å². The Morgan fingerprint density at radius 1 is 1.19 bits per heavy atom. The van der Waals surface area contributed by atoms with Gasteiger partial charge in [-0.2, -0.15) is 10.1 Å². The van der Waals surface area contributed by atoms with Crippen molar-refractivity contribution in [2.45, 2.75) is 20.0 Å². The molecule has 8 heteroatoms. The molecule has 2 heterocycles. The lowest BCUT2D eigenvalue weighted by molar-refractivity contribution is -0.129. The summed E-state index contributed by atoms with van der Waals surface area (Å²) in [5.74, 6) is 1.21. The molecule has 0 saturated carbocycles. The molecule has 0 bridgehead atoms. The molecule has 2 aromatic heterocycles. The molecule has 0 radical (unpaired) electrons. The van der Waals surface area contributed by atoms with Crippen LogP contribution in [0, 0.1) is 6.92 Å². The largest absolute Gasteiger partial charge is 0.366 e. The number of nitrogens with one attached hydrogen (secondary N) is 2. The summed E-state index contributed by atoms with van der Waals surface area (Å²) < 4.78 is 1.58. The Bertz CT molecular complexity index is 905. The van der Waals surface area contributed by atoms with Crippen molar-refractivity contribution < 1.29 is 4.79 Å². The SMILES string of the molecule is Cc1cnc(Nc2cnn(CC(=O)N(C)C)c2)nc1NCc1ccccc1. The first-order valence-corrected chi connectivity index (χ1v) is 8.62. The fourth-order valence-electron chi connectivity index (χ4n) is 2.39. The van der Waals surface area contributed by atoms with Gasteiger partial charge >= 0.3 is 0 Å². The fraction of sp³-hybridized carbons (Fsp3) is 0.263. The molecule has 0 aliphatic heterocycles. The van der Waals surface area contributed by atoms with Crippen molar-refractivity contribution in [3.63, 3.8) is 0 Å². The monoisotopic (exact) mass is 365 g/mol. The van der Waals surface area contributed by atoms with Crippen LogP contribution in [0.15, 0.2) is 48.9 Å². The van der Waals surface area contributed by atoms with Gasteiger partial charge in [0.05, 0.1) is 11.9 Å². The average Bonchev–Trinajstić information content (AvgIpc) is 3.09. The van der Waals surface area contributed by atoms with E-state index < -0.39 is 0 Å². The van der Waals surface area contributed by atoms with Crippen molar-refractivity contribution in [3.05, 3.63) is 60.0 Å². The number of carbonyl (C=O) groups excluding carboxylic acids is 1. The van der Waals surface area contributed by atoms with Gasteiger partial charge in [0.1, 0.15) is 12.4 Å². The predicted octanol–water partition coefficient (Wildman–Crippen LogP) is 2.43. The minimum Gasteiger partial charge on any atom is -0.366 e. The maximum absolute atomic E-state index is 11.8. The lowest BCUT2D eigenvalue weighted by Crippen LogP contribution is -2.26. The number of amides is 1. The van der Waals surface area contributed by atoms with Crippen LogP contribution in [0.4, 0.5) is 17.5 Å². The Hall–Kier alpha value is -3.42. The molecule has 140 valence electrons. The molecule has 0 unspecified atom stereocenters. The van der Waals surface area contributed by atoms with Gasteiger partial charge in [-0.25, -0.2) is 4.98 Å². The van der Waals surface area contributed by atoms with Gasteiger partial charge in [0.15, 0.2) is 0 Å². The van der Waals surface area contributed by atoms with Gasteiger partial charge in [0, 0.05) is 38.6 Å². The minimum atomic E-state index is -0.0244. The van der Waals surface area contributed by atoms with Gasteiger partial charge in [-0.05, 0) is 12.5 Å². The summed E-state index contributed by atoms with van der Waals surface area (Å²) in [6, 6.07) is 10.1. The molecular weight excluding hydrogens is 342 g/mol. The Labute approximate surface area is 158 Å². The first-order valence-electron chi connectivity index (χ1n) is 8.62. The number of hydrogen-bond acceptors (Lipinski definition) is 6. The second kappa shape index (κ2) is 8.31. The van der Waals surface area contributed by atoms with E-state index in [0.29, 0.717) is 12.5 Å². The molecule has 1 aromatic carbocycles. The number of rotatable bonds is 7. The Morgan fingerprint density at radius 3 is 2.70 bits per heavy atom. The third-order valence-corrected chi connectivity index (χ3v) is 3.96. The van der Waals surface area contributed by atoms with E-state index in [9.17, 15) is 4.79 Å². The maximum Gasteiger partial charge on any atom is 0.243 e. The van der Waals surface area contributed by atoms with E-state index in [-0.39, 0.29) is 12.5 Å². The first-order chi connectivity index (χ1) is 13.0. The summed E-state index contributed by atoms with van der Waals surface area (Å²) in [6.07, 6.45) is 5.16. The molecule has 0 spiro atoms. The van der Waals surface area contributed by atoms with Gasteiger partial charge in [-0.15, -0.1) is 0 Å². The van der Waals surface area contributed by atoms with Crippen molar-refractivity contribution in [2.75, 3.05) is 24.7 Å². The van der Waals surface area contributed by atoms with Gasteiger partial charge in [-0.1, -0.05) is 30.3 Å². The molecule has 3 aromatic rings. The molecule has 0 atom stereocenters. The molecule has 0 aliphatic carbocycles. The van der Waals surface area contributed by atoms with E-state index in [1.165, 1.54) is 10.5 Å². The number of hydrogen-bond donors (Lipinski definition) is 2. The molecule has 0 saturated heterocycles. The molecule has 27 heavy (non-hydrogen) atoms. The topological polar surface area (TPSA) is 88.0 Å². The smallest absolute Gasteiger partial charge is 0.243 e. The molecule has 2 N–H and O–H groups in total. The van der Waals surface area contributed by atoms with Crippen LogP contribution in [-0.4, -0.2) is 44.7 Å². The Balaban J connectivity index is 1.65. The van der Waals surface area contributed by atoms with Crippen LogP contribution >= 0.6 is 0 Å². The summed E-state index contributed by atoms with van der Waals surface area (Å²) in [6.45, 7) is 2.83. The summed E-state index contributed by atoms with van der Waals surface area (Å²) in [5.41, 5.74) is 2.86. The molecule has 0 fully saturated rings. The van der Waals surface area contributed by atoms with Gasteiger partial charge in [0.2, 0.25) is 11.9 Å². The zero-order valence-electron chi connectivity index (χ0n) is 15.7. The molecule has 8 nitrogen and oxygen atoms in total. The molecule has 0 aliphatic rings. The average molecular weight is 365 g/mol. The van der Waals surface area contributed by atoms with E-state index >= 15 is 0 Å². The quantitative estimate of drug-likeness (QED) is 0.669. The number of benzene rings is 1. The van der Waals surface area contributed by atoms with E-state index in [1.54, 1.807) is 37.4 Å². The second-order valence-electron chi connectivity index (χ2n) is 6.40. The second-order valence-corrected chi connectivity index (χ2v) is 6.40. The first kappa shape index (κ1) is 18.4. The number of likely N-dealkylation sites (N-methyl/N-ethyl adjacent to an activating group) is 1. The van der Waals surface area contributed by atoms with Crippen molar-refractivity contribution in [3.8, 4) is 0 Å². The van der Waals surface area contributed by atoms with Crippen LogP contribution in [0.2, 0.25) is 0 Å². The van der Waals surface area contributed by atoms with Crippen molar-refractivity contribution in [2.24, 2.45) is 0 Å². The lowest BCUT2D eigenvalue weighted by Gasteiger charge is -2.10. The molecule has 3 rings (SSSR count). The lowest BCUT2D eigenvalue weighted by atomic mass is 10.2. The summed E-state index contributed by atoms with van der Waals surface area (Å²) in [5, 5.41) is 10.6. The minimum absolute atomic E-state index is 0.0244. The van der Waals surface area contributed by atoms with E-state index in [4.69, 9.17) is 0 Å². The van der Waals surface area contributed by atoms with Gasteiger partial charge in [0.25, 0.3) is 0 Å². The van der Waals surface area contributed by atoms with Crippen LogP contribution in [0.25, 0.3) is 0 Å². The highest BCUT2D eigenvalue weighted by molar-refractivity contribution is 5.75. The molecule has 1 amide bonds. The van der Waals surface area contributed by atoms with Crippen LogP contribution in [0.5, 0.6) is 0 Å². The number of anilines is 3. The number of carbonyl (C=O) groups is 1. The van der Waals surface area contributed by atoms with Crippen molar-refractivity contribution in [1.29, 1.82) is 0 Å². The van der Waals surface area contributed by atoms with E-state index in [2.05, 4.69) is 37.8 Å². The van der Waals surface area contributed by atoms with E-state index in [1.807, 2.05) is 25.1 Å². The third-order valence-electron chi connectivity index (χ3n) is 3.96. The molecular formula is C19H23N7O. The summed E-state index contributed by atoms with van der Waals surface area (Å²) in [7, 11) is 3.43. The van der Waals surface area contributed by atoms with Crippen LogP contribution < -0.4 is 10.6 Å². The van der Waals surface area contributed by atoms with E-state index in [0.717, 1.165) is 17.1 Å². The zero-order valence-corrected chi connectivity index (χ0v) is 15.7. The fourth-order valence-corrected chi connectivity index (χ4v) is 2.39. The van der Waals surface area contributed by atoms with Crippen molar-refractivity contribution >= 4 is 23.4 Å². The Kier molecular flexibility index (Phi) is 5.65. The van der Waals surface area contributed by atoms with Crippen LogP contribution in [0.3, 0.4) is 0 Å². The normalized spacial score (nSPS) is 10.5. The highest BCUT2D eigenvalue weighted by Gasteiger charge is 2.09. The predicted molar refractivity (Wildman–Crippen MR) is 105 cm³/mol. The number of aryl methyl sites for hydroxylation is 1. The van der Waals surface area contributed by atoms with Gasteiger partial charge in [-0.3, -0.25) is 9.48 Å². The summed E-state index contributed by atoms with van der Waals surface area (Å²) >= 11 is 0. The van der Waals surface area contributed by atoms with Crippen LogP contribution in [-0.2, 0) is 17.9 Å². The highest BCUT2D eigenvalue weighted by atomic mass is 16.2. The summed E-state index contributed by atoms with van der Waals surface area (Å²) in [4.78, 5) is 22.1. The van der Waals surface area contributed by atoms with Crippen LogP contribution in [0.1, 0.15) is 11.1 Å². The van der Waals surface area contributed by atoms with Crippen molar-refractivity contribution in [1.82, 2.24) is 24.6 Å². The standard InChI is InChI=1S/C19H23N7O/c1-14-9-21-19(24-18(14)20-10-15-7-5-4-6-8-15)23-16-11-22-26(12-16)13-17(27)25(2)3/h4-9,11-12H,10,13H2,1-3H3,(H2,20,21,23,24). The highest BCUT2D eigenvalue weighted by Crippen LogP contribution is 2.17. The third kappa shape index (κ3) is 5.04. The zero-order chi connectivity index (χ0) is 19.2. The number of nitrogens with zero attached hydrogens (tertiary/aromatic N) is 5.